The fraction of sp³-hybridized carbons (Fsp3) is 0.438. The van der Waals surface area contributed by atoms with Gasteiger partial charge < -0.3 is 40.2 Å². The Morgan fingerprint density at radius 2 is 1.94 bits per heavy atom. The third-order valence-corrected chi connectivity index (χ3v) is 9.82. The molecule has 4 aliphatic rings. The van der Waals surface area contributed by atoms with Crippen LogP contribution in [0.2, 0.25) is 0 Å². The minimum absolute atomic E-state index is 0.0142. The molecule has 2 atom stereocenters. The first-order valence-electron chi connectivity index (χ1n) is 15.4. The van der Waals surface area contributed by atoms with Crippen LogP contribution in [0, 0.1) is 12.7 Å². The second-order valence-corrected chi connectivity index (χ2v) is 12.4. The summed E-state index contributed by atoms with van der Waals surface area (Å²) in [5.41, 5.74) is 0.477. The number of nitrogens with zero attached hydrogens (tertiary/aromatic N) is 2. The molecule has 4 heterocycles. The first kappa shape index (κ1) is 30.7. The number of amides is 3. The maximum absolute atomic E-state index is 15.2. The second-order valence-electron chi connectivity index (χ2n) is 12.4. The molecule has 3 aromatic rings. The van der Waals surface area contributed by atoms with Crippen LogP contribution in [0.4, 0.5) is 9.18 Å². The number of aromatic nitrogens is 2. The molecule has 1 aromatic carbocycles. The number of nitrogens with one attached hydrogen (secondary N) is 3. The van der Waals surface area contributed by atoms with E-state index in [1.807, 2.05) is 5.32 Å². The van der Waals surface area contributed by atoms with E-state index in [4.69, 9.17) is 19.6 Å². The highest BCUT2D eigenvalue weighted by Crippen LogP contribution is 2.47. The number of carbonyl (C=O) groups is 4. The number of ether oxygens (including phenoxy) is 2. The second kappa shape index (κ2) is 10.8. The van der Waals surface area contributed by atoms with Gasteiger partial charge in [0.05, 0.1) is 35.1 Å². The van der Waals surface area contributed by atoms with Gasteiger partial charge in [0.2, 0.25) is 5.91 Å². The van der Waals surface area contributed by atoms with Gasteiger partial charge in [0.25, 0.3) is 11.5 Å². The molecule has 0 radical (unpaired) electrons. The van der Waals surface area contributed by atoms with Crippen LogP contribution in [0.5, 0.6) is 0 Å². The average Bonchev–Trinajstić information content (AvgIpc) is 3.75. The van der Waals surface area contributed by atoms with E-state index >= 15 is 4.39 Å². The van der Waals surface area contributed by atoms with Crippen LogP contribution >= 0.6 is 0 Å². The minimum atomic E-state index is -2.01. The van der Waals surface area contributed by atoms with Crippen LogP contribution in [-0.2, 0) is 49.0 Å². The number of pyridine rings is 2. The van der Waals surface area contributed by atoms with Crippen molar-refractivity contribution >= 4 is 34.8 Å². The Balaban J connectivity index is 1.26. The van der Waals surface area contributed by atoms with Crippen LogP contribution in [0.1, 0.15) is 72.0 Å². The van der Waals surface area contributed by atoms with Gasteiger partial charge in [-0.2, -0.15) is 0 Å². The van der Waals surface area contributed by atoms with Crippen molar-refractivity contribution < 1.29 is 43.3 Å². The van der Waals surface area contributed by atoms with Gasteiger partial charge >= 0.3 is 12.1 Å². The number of cyclic esters (lactones) is 1. The van der Waals surface area contributed by atoms with Crippen LogP contribution in [0.15, 0.2) is 16.9 Å². The summed E-state index contributed by atoms with van der Waals surface area (Å²) < 4.78 is 27.6. The summed E-state index contributed by atoms with van der Waals surface area (Å²) in [7, 11) is 0. The Hall–Kier alpha value is -4.89. The molecule has 7 rings (SSSR count). The van der Waals surface area contributed by atoms with Crippen molar-refractivity contribution in [3.8, 4) is 11.4 Å². The van der Waals surface area contributed by atoms with E-state index in [1.165, 1.54) is 10.6 Å². The van der Waals surface area contributed by atoms with Gasteiger partial charge in [-0.3, -0.25) is 14.4 Å². The van der Waals surface area contributed by atoms with E-state index in [0.717, 1.165) is 5.56 Å². The predicted octanol–water partition coefficient (Wildman–Crippen LogP) is 1.52. The zero-order valence-corrected chi connectivity index (χ0v) is 25.6. The molecule has 15 heteroatoms. The summed E-state index contributed by atoms with van der Waals surface area (Å²) in [6.45, 7) is 2.38. The molecule has 1 fully saturated rings. The van der Waals surface area contributed by atoms with E-state index in [-0.39, 0.29) is 37.4 Å². The molecule has 2 aromatic heterocycles. The minimum Gasteiger partial charge on any atom is -0.465 e. The van der Waals surface area contributed by atoms with Gasteiger partial charge in [-0.15, -0.1) is 0 Å². The lowest BCUT2D eigenvalue weighted by atomic mass is 9.81. The van der Waals surface area contributed by atoms with Crippen molar-refractivity contribution in [3.63, 3.8) is 0 Å². The summed E-state index contributed by atoms with van der Waals surface area (Å²) in [6, 6.07) is 2.38. The number of aryl methyl sites for hydroxylation is 1. The monoisotopic (exact) mass is 649 g/mol. The summed E-state index contributed by atoms with van der Waals surface area (Å²) in [6.07, 6.45) is 0.354. The maximum atomic E-state index is 15.2. The van der Waals surface area contributed by atoms with Crippen LogP contribution in [0.3, 0.4) is 0 Å². The number of fused-ring (bicyclic) bond motifs is 5. The lowest BCUT2D eigenvalue weighted by molar-refractivity contribution is -0.172. The largest absolute Gasteiger partial charge is 0.465 e. The SMILES string of the molecule is CC[C@@]1(O)C(=O)OCc2c1cc1n(c2=O)Cc2c-1nc1cc(F)c(C)c3c1c2[C@@H](NC(=O)C1(OCNC(=O)CNC(=O)O)CC1)CC3. The number of benzene rings is 1. The Morgan fingerprint density at radius 1 is 1.17 bits per heavy atom. The normalized spacial score (nSPS) is 21.3. The van der Waals surface area contributed by atoms with Crippen LogP contribution in [-0.4, -0.2) is 62.5 Å². The molecule has 5 N–H and O–H groups in total. The summed E-state index contributed by atoms with van der Waals surface area (Å²) in [5.74, 6) is -2.28. The van der Waals surface area contributed by atoms with Gasteiger partial charge in [0, 0.05) is 22.6 Å². The Labute approximate surface area is 266 Å². The molecule has 47 heavy (non-hydrogen) atoms. The number of rotatable bonds is 8. The van der Waals surface area contributed by atoms with Crippen molar-refractivity contribution in [2.75, 3.05) is 13.3 Å². The first-order valence-corrected chi connectivity index (χ1v) is 15.4. The number of hydrogen-bond acceptors (Lipinski definition) is 9. The zero-order valence-electron chi connectivity index (χ0n) is 25.6. The smallest absolute Gasteiger partial charge is 0.405 e. The number of carbonyl (C=O) groups excluding carboxylic acids is 3. The van der Waals surface area contributed by atoms with Gasteiger partial charge in [-0.25, -0.2) is 19.0 Å². The molecular weight excluding hydrogens is 617 g/mol. The van der Waals surface area contributed by atoms with E-state index < -0.39 is 59.0 Å². The number of esters is 1. The van der Waals surface area contributed by atoms with Crippen molar-refractivity contribution in [1.29, 1.82) is 0 Å². The lowest BCUT2D eigenvalue weighted by Crippen LogP contribution is -2.44. The Bertz CT molecular complexity index is 1990. The van der Waals surface area contributed by atoms with Crippen LogP contribution < -0.4 is 21.5 Å². The summed E-state index contributed by atoms with van der Waals surface area (Å²) >= 11 is 0. The van der Waals surface area contributed by atoms with E-state index in [1.54, 1.807) is 19.9 Å². The summed E-state index contributed by atoms with van der Waals surface area (Å²) in [5, 5.41) is 28.1. The molecule has 246 valence electrons. The van der Waals surface area contributed by atoms with E-state index in [0.29, 0.717) is 64.7 Å². The molecular formula is C32H32FN5O9. The molecule has 14 nitrogen and oxygen atoms in total. The van der Waals surface area contributed by atoms with Crippen molar-refractivity contribution in [3.05, 3.63) is 61.7 Å². The average molecular weight is 650 g/mol. The third-order valence-electron chi connectivity index (χ3n) is 9.82. The van der Waals surface area contributed by atoms with Crippen molar-refractivity contribution in [2.45, 2.75) is 76.3 Å². The van der Waals surface area contributed by atoms with Gasteiger partial charge in [0.15, 0.2) is 5.60 Å². The number of carboxylic acid groups (broad SMARTS) is 1. The fourth-order valence-corrected chi connectivity index (χ4v) is 7.01. The maximum Gasteiger partial charge on any atom is 0.405 e. The highest BCUT2D eigenvalue weighted by atomic mass is 19.1. The number of hydrogen-bond donors (Lipinski definition) is 5. The topological polar surface area (TPSA) is 198 Å². The van der Waals surface area contributed by atoms with Gasteiger partial charge in [0.1, 0.15) is 31.3 Å². The number of halogens is 1. The van der Waals surface area contributed by atoms with Crippen molar-refractivity contribution in [2.24, 2.45) is 0 Å². The van der Waals surface area contributed by atoms with E-state index in [2.05, 4.69) is 10.6 Å². The van der Waals surface area contributed by atoms with Crippen LogP contribution in [0.25, 0.3) is 22.3 Å². The van der Waals surface area contributed by atoms with E-state index in [9.17, 15) is 29.1 Å². The van der Waals surface area contributed by atoms with Gasteiger partial charge in [-0.05, 0) is 61.8 Å². The standard InChI is InChI=1S/C32H32FN5O9/c1-3-32(45)18-8-22-26-16(11-38(22)27(40)17(18)12-46-29(32)42)25-20(5-4-15-14(2)19(33)9-21(36-26)24(15)25)37-28(41)31(6-7-31)47-13-35-23(39)10-34-30(43)44/h8-9,20,34,45H,3-7,10-13H2,1-2H3,(H,35,39)(H,37,41)(H,43,44)/t20-,32-/m0/s1. The predicted molar refractivity (Wildman–Crippen MR) is 161 cm³/mol. The zero-order chi connectivity index (χ0) is 33.4. The quantitative estimate of drug-likeness (QED) is 0.138. The third kappa shape index (κ3) is 4.75. The lowest BCUT2D eigenvalue weighted by Gasteiger charge is -2.31. The molecule has 1 saturated carbocycles. The fourth-order valence-electron chi connectivity index (χ4n) is 7.01. The highest BCUT2D eigenvalue weighted by molar-refractivity contribution is 5.95. The molecule has 0 bridgehead atoms. The number of aliphatic hydroxyl groups is 1. The molecule has 3 amide bonds. The molecule has 0 unspecified atom stereocenters. The Kier molecular flexibility index (Phi) is 7.09. The summed E-state index contributed by atoms with van der Waals surface area (Å²) in [4.78, 5) is 67.4. The van der Waals surface area contributed by atoms with Crippen molar-refractivity contribution in [1.82, 2.24) is 25.5 Å². The molecule has 2 aliphatic carbocycles. The molecule has 2 aliphatic heterocycles. The Morgan fingerprint density at radius 3 is 2.64 bits per heavy atom. The first-order chi connectivity index (χ1) is 22.4. The molecule has 0 saturated heterocycles. The molecule has 0 spiro atoms. The highest BCUT2D eigenvalue weighted by Gasteiger charge is 2.52. The van der Waals surface area contributed by atoms with Gasteiger partial charge in [-0.1, -0.05) is 6.92 Å².